The quantitative estimate of drug-likeness (QED) is 0.730. The van der Waals surface area contributed by atoms with Gasteiger partial charge in [-0.1, -0.05) is 24.0 Å². The van der Waals surface area contributed by atoms with Crippen LogP contribution in [-0.2, 0) is 11.3 Å². The molecule has 3 aromatic rings. The zero-order valence-corrected chi connectivity index (χ0v) is 14.7. The summed E-state index contributed by atoms with van der Waals surface area (Å²) in [5.74, 6) is 5.06. The molecule has 6 heteroatoms. The van der Waals surface area contributed by atoms with Gasteiger partial charge in [0.2, 0.25) is 5.91 Å². The Morgan fingerprint density at radius 3 is 2.62 bits per heavy atom. The highest BCUT2D eigenvalue weighted by molar-refractivity contribution is 5.79. The van der Waals surface area contributed by atoms with Crippen molar-refractivity contribution in [1.29, 1.82) is 0 Å². The van der Waals surface area contributed by atoms with E-state index >= 15 is 0 Å². The van der Waals surface area contributed by atoms with Crippen LogP contribution >= 0.6 is 0 Å². The first-order valence-corrected chi connectivity index (χ1v) is 8.16. The number of rotatable bonds is 4. The van der Waals surface area contributed by atoms with Crippen LogP contribution in [0.15, 0.2) is 57.7 Å². The Morgan fingerprint density at radius 2 is 1.88 bits per heavy atom. The van der Waals surface area contributed by atoms with E-state index in [0.29, 0.717) is 11.1 Å². The van der Waals surface area contributed by atoms with Crippen molar-refractivity contribution in [2.75, 3.05) is 25.5 Å². The lowest BCUT2D eigenvalue weighted by Gasteiger charge is -2.11. The predicted molar refractivity (Wildman–Crippen MR) is 101 cm³/mol. The van der Waals surface area contributed by atoms with Crippen LogP contribution < -0.4 is 16.0 Å². The van der Waals surface area contributed by atoms with Gasteiger partial charge in [0.15, 0.2) is 5.58 Å². The Kier molecular flexibility index (Phi) is 5.09. The van der Waals surface area contributed by atoms with E-state index < -0.39 is 5.76 Å². The molecule has 0 aliphatic rings. The maximum atomic E-state index is 12.1. The summed E-state index contributed by atoms with van der Waals surface area (Å²) in [6.07, 6.45) is 0. The van der Waals surface area contributed by atoms with Gasteiger partial charge in [0.1, 0.15) is 6.54 Å². The van der Waals surface area contributed by atoms with Crippen LogP contribution in [0.25, 0.3) is 11.1 Å². The van der Waals surface area contributed by atoms with E-state index in [9.17, 15) is 9.59 Å². The number of carbonyl (C=O) groups is 1. The Hall–Kier alpha value is -3.46. The van der Waals surface area contributed by atoms with E-state index in [1.54, 1.807) is 24.3 Å². The molecule has 132 valence electrons. The number of benzene rings is 2. The molecule has 0 spiro atoms. The van der Waals surface area contributed by atoms with Crippen molar-refractivity contribution in [3.05, 3.63) is 64.6 Å². The summed E-state index contributed by atoms with van der Waals surface area (Å²) >= 11 is 0. The van der Waals surface area contributed by atoms with Crippen LogP contribution in [0, 0.1) is 11.8 Å². The number of aromatic nitrogens is 1. The third-order valence-electron chi connectivity index (χ3n) is 3.87. The minimum absolute atomic E-state index is 0.102. The first kappa shape index (κ1) is 17.4. The fourth-order valence-electron chi connectivity index (χ4n) is 2.50. The van der Waals surface area contributed by atoms with Crippen LogP contribution in [0.1, 0.15) is 5.56 Å². The number of oxazole rings is 1. The molecular weight excluding hydrogens is 330 g/mol. The molecule has 0 radical (unpaired) electrons. The van der Waals surface area contributed by atoms with E-state index in [0.717, 1.165) is 11.3 Å². The summed E-state index contributed by atoms with van der Waals surface area (Å²) in [6, 6.07) is 14.8. The molecule has 0 saturated heterocycles. The molecule has 1 aromatic heterocycles. The largest absolute Gasteiger partial charge is 0.420 e. The van der Waals surface area contributed by atoms with Gasteiger partial charge in [0.25, 0.3) is 0 Å². The van der Waals surface area contributed by atoms with Crippen LogP contribution in [0.4, 0.5) is 5.69 Å². The maximum Gasteiger partial charge on any atom is 0.420 e. The predicted octanol–water partition coefficient (Wildman–Crippen LogP) is 1.83. The Balaban J connectivity index is 1.58. The third-order valence-corrected chi connectivity index (χ3v) is 3.87. The lowest BCUT2D eigenvalue weighted by Crippen LogP contribution is -2.30. The Bertz CT molecular complexity index is 1030. The minimum Gasteiger partial charge on any atom is -0.408 e. The van der Waals surface area contributed by atoms with Gasteiger partial charge in [0, 0.05) is 25.3 Å². The van der Waals surface area contributed by atoms with E-state index in [1.807, 2.05) is 43.3 Å². The molecule has 0 fully saturated rings. The summed E-state index contributed by atoms with van der Waals surface area (Å²) in [6.45, 7) is 0.105. The zero-order valence-electron chi connectivity index (χ0n) is 14.7. The Labute approximate surface area is 151 Å². The van der Waals surface area contributed by atoms with Gasteiger partial charge in [-0.25, -0.2) is 4.79 Å². The van der Waals surface area contributed by atoms with E-state index in [2.05, 4.69) is 17.2 Å². The lowest BCUT2D eigenvalue weighted by atomic mass is 10.2. The van der Waals surface area contributed by atoms with Gasteiger partial charge in [0.05, 0.1) is 12.1 Å². The van der Waals surface area contributed by atoms with Gasteiger partial charge < -0.3 is 14.6 Å². The van der Waals surface area contributed by atoms with Crippen molar-refractivity contribution in [2.24, 2.45) is 0 Å². The van der Waals surface area contributed by atoms with Gasteiger partial charge in [-0.15, -0.1) is 0 Å². The van der Waals surface area contributed by atoms with Crippen molar-refractivity contribution in [3.8, 4) is 11.8 Å². The van der Waals surface area contributed by atoms with E-state index in [-0.39, 0.29) is 19.0 Å². The van der Waals surface area contributed by atoms with Gasteiger partial charge in [-0.05, 0) is 36.4 Å². The fraction of sp³-hybridized carbons (Fsp3) is 0.200. The minimum atomic E-state index is -0.548. The van der Waals surface area contributed by atoms with Crippen molar-refractivity contribution in [3.63, 3.8) is 0 Å². The summed E-state index contributed by atoms with van der Waals surface area (Å²) in [5, 5.41) is 2.69. The number of carbonyl (C=O) groups excluding carboxylic acids is 1. The highest BCUT2D eigenvalue weighted by Gasteiger charge is 2.11. The normalized spacial score (nSPS) is 10.2. The molecule has 1 N–H and O–H groups in total. The van der Waals surface area contributed by atoms with Crippen LogP contribution in [0.3, 0.4) is 0 Å². The van der Waals surface area contributed by atoms with Crippen LogP contribution in [0.2, 0.25) is 0 Å². The fourth-order valence-corrected chi connectivity index (χ4v) is 2.50. The van der Waals surface area contributed by atoms with Crippen LogP contribution in [-0.4, -0.2) is 31.1 Å². The summed E-state index contributed by atoms with van der Waals surface area (Å²) in [7, 11) is 3.95. The van der Waals surface area contributed by atoms with Crippen molar-refractivity contribution >= 4 is 22.7 Å². The number of nitrogens with one attached hydrogen (secondary N) is 1. The molecule has 0 aliphatic carbocycles. The summed E-state index contributed by atoms with van der Waals surface area (Å²) in [4.78, 5) is 25.9. The molecule has 26 heavy (non-hydrogen) atoms. The lowest BCUT2D eigenvalue weighted by molar-refractivity contribution is -0.121. The standard InChI is InChI=1S/C20H19N3O3/c1-22(2)16-11-9-15(10-12-16)6-5-13-21-19(24)14-23-17-7-3-4-8-18(17)26-20(23)25/h3-4,7-12H,13-14H2,1-2H3,(H,21,24). The second-order valence-corrected chi connectivity index (χ2v) is 5.94. The molecule has 0 aliphatic heterocycles. The first-order chi connectivity index (χ1) is 12.5. The van der Waals surface area contributed by atoms with Crippen molar-refractivity contribution in [2.45, 2.75) is 6.54 Å². The van der Waals surface area contributed by atoms with Gasteiger partial charge in [-0.3, -0.25) is 9.36 Å². The van der Waals surface area contributed by atoms with Crippen molar-refractivity contribution in [1.82, 2.24) is 9.88 Å². The molecule has 0 unspecified atom stereocenters. The van der Waals surface area contributed by atoms with E-state index in [1.165, 1.54) is 4.57 Å². The number of fused-ring (bicyclic) bond motifs is 1. The molecule has 2 aromatic carbocycles. The molecule has 0 bridgehead atoms. The number of nitrogens with zero attached hydrogens (tertiary/aromatic N) is 2. The topological polar surface area (TPSA) is 67.5 Å². The third kappa shape index (κ3) is 3.95. The smallest absolute Gasteiger partial charge is 0.408 e. The molecule has 0 saturated carbocycles. The molecule has 6 nitrogen and oxygen atoms in total. The Morgan fingerprint density at radius 1 is 1.15 bits per heavy atom. The number of hydrogen-bond acceptors (Lipinski definition) is 4. The van der Waals surface area contributed by atoms with E-state index in [4.69, 9.17) is 4.42 Å². The SMILES string of the molecule is CN(C)c1ccc(C#CCNC(=O)Cn2c(=O)oc3ccccc32)cc1. The maximum absolute atomic E-state index is 12.1. The number of anilines is 1. The summed E-state index contributed by atoms with van der Waals surface area (Å²) < 4.78 is 6.41. The highest BCUT2D eigenvalue weighted by Crippen LogP contribution is 2.12. The molecule has 3 rings (SSSR count). The molecule has 1 amide bonds. The second kappa shape index (κ2) is 7.62. The van der Waals surface area contributed by atoms with Gasteiger partial charge in [-0.2, -0.15) is 0 Å². The van der Waals surface area contributed by atoms with Crippen LogP contribution in [0.5, 0.6) is 0 Å². The molecular formula is C20H19N3O3. The summed E-state index contributed by atoms with van der Waals surface area (Å²) in [5.41, 5.74) is 3.04. The number of para-hydroxylation sites is 2. The second-order valence-electron chi connectivity index (χ2n) is 5.94. The zero-order chi connectivity index (χ0) is 18.5. The average Bonchev–Trinajstić information content (AvgIpc) is 2.95. The van der Waals surface area contributed by atoms with Gasteiger partial charge >= 0.3 is 5.76 Å². The number of hydrogen-bond donors (Lipinski definition) is 1. The average molecular weight is 349 g/mol. The molecule has 0 atom stereocenters. The number of amides is 1. The monoisotopic (exact) mass is 349 g/mol. The highest BCUT2D eigenvalue weighted by atomic mass is 16.4. The van der Waals surface area contributed by atoms with Crippen molar-refractivity contribution < 1.29 is 9.21 Å². The first-order valence-electron chi connectivity index (χ1n) is 8.16. The molecule has 1 heterocycles.